The van der Waals surface area contributed by atoms with Crippen molar-refractivity contribution in [2.75, 3.05) is 39.5 Å². The van der Waals surface area contributed by atoms with E-state index in [0.717, 1.165) is 13.0 Å². The second kappa shape index (κ2) is 14.3. The molecule has 0 spiro atoms. The van der Waals surface area contributed by atoms with Crippen LogP contribution in [0.15, 0.2) is 0 Å². The molecule has 0 aliphatic rings. The third kappa shape index (κ3) is 14.0. The van der Waals surface area contributed by atoms with Gasteiger partial charge in [0.25, 0.3) is 0 Å². The minimum absolute atomic E-state index is 0.0660. The lowest BCUT2D eigenvalue weighted by Crippen LogP contribution is -2.33. The smallest absolute Gasteiger partial charge is 0.243 e. The molecule has 2 unspecified atom stereocenters. The highest BCUT2D eigenvalue weighted by Gasteiger charge is 2.08. The van der Waals surface area contributed by atoms with Crippen molar-refractivity contribution >= 4 is 5.91 Å². The molecule has 4 N–H and O–H groups in total. The van der Waals surface area contributed by atoms with Gasteiger partial charge in [-0.15, -0.1) is 0 Å². The number of rotatable bonds is 15. The van der Waals surface area contributed by atoms with Crippen LogP contribution < -0.4 is 11.1 Å². The third-order valence-electron chi connectivity index (χ3n) is 3.25. The second-order valence-corrected chi connectivity index (χ2v) is 5.33. The van der Waals surface area contributed by atoms with Crippen molar-refractivity contribution in [1.29, 1.82) is 0 Å². The maximum absolute atomic E-state index is 10.4. The average Bonchev–Trinajstić information content (AvgIpc) is 2.46. The van der Waals surface area contributed by atoms with Crippen molar-refractivity contribution in [2.45, 2.75) is 45.6 Å². The molecule has 6 heteroatoms. The summed E-state index contributed by atoms with van der Waals surface area (Å²) in [6, 6.07) is 0. The molecule has 0 saturated heterocycles. The fourth-order valence-electron chi connectivity index (χ4n) is 1.91. The summed E-state index contributed by atoms with van der Waals surface area (Å²) < 4.78 is 10.6. The van der Waals surface area contributed by atoms with Gasteiger partial charge in [0.2, 0.25) is 5.91 Å². The van der Waals surface area contributed by atoms with Gasteiger partial charge in [0.1, 0.15) is 6.61 Å². The van der Waals surface area contributed by atoms with Gasteiger partial charge in [-0.1, -0.05) is 33.1 Å². The normalized spacial score (nSPS) is 14.0. The lowest BCUT2D eigenvalue weighted by atomic mass is 10.0. The van der Waals surface area contributed by atoms with Crippen LogP contribution in [-0.2, 0) is 14.3 Å². The summed E-state index contributed by atoms with van der Waals surface area (Å²) in [5.41, 5.74) is 4.94. The van der Waals surface area contributed by atoms with Gasteiger partial charge in [0, 0.05) is 19.7 Å². The Bertz CT molecular complexity index is 252. The van der Waals surface area contributed by atoms with Gasteiger partial charge >= 0.3 is 0 Å². The van der Waals surface area contributed by atoms with E-state index >= 15 is 0 Å². The molecule has 0 heterocycles. The predicted octanol–water partition coefficient (Wildman–Crippen LogP) is 0.672. The number of primary amides is 1. The highest BCUT2D eigenvalue weighted by atomic mass is 16.5. The molecule has 0 aliphatic carbocycles. The van der Waals surface area contributed by atoms with Crippen LogP contribution in [0.1, 0.15) is 39.5 Å². The Kier molecular flexibility index (Phi) is 13.8. The van der Waals surface area contributed by atoms with Crippen LogP contribution in [0.25, 0.3) is 0 Å². The van der Waals surface area contributed by atoms with E-state index in [2.05, 4.69) is 19.2 Å². The summed E-state index contributed by atoms with van der Waals surface area (Å²) in [4.78, 5) is 10.4. The zero-order chi connectivity index (χ0) is 15.9. The maximum Gasteiger partial charge on any atom is 0.243 e. The topological polar surface area (TPSA) is 93.8 Å². The molecule has 0 radical (unpaired) electrons. The predicted molar refractivity (Wildman–Crippen MR) is 83.0 cm³/mol. The Morgan fingerprint density at radius 1 is 1.29 bits per heavy atom. The maximum atomic E-state index is 10.4. The Balaban J connectivity index is 3.44. The molecule has 1 amide bonds. The van der Waals surface area contributed by atoms with Crippen LogP contribution in [0, 0.1) is 5.92 Å². The van der Waals surface area contributed by atoms with Crippen molar-refractivity contribution in [3.05, 3.63) is 0 Å². The van der Waals surface area contributed by atoms with Crippen molar-refractivity contribution in [3.63, 3.8) is 0 Å². The minimum atomic E-state index is -0.523. The molecule has 0 bridgehead atoms. The second-order valence-electron chi connectivity index (χ2n) is 5.33. The Morgan fingerprint density at radius 2 is 2.05 bits per heavy atom. The van der Waals surface area contributed by atoms with E-state index in [4.69, 9.17) is 15.2 Å². The number of aliphatic hydroxyl groups excluding tert-OH is 1. The first-order valence-electron chi connectivity index (χ1n) is 7.92. The van der Waals surface area contributed by atoms with E-state index < -0.39 is 12.0 Å². The molecule has 0 saturated carbocycles. The number of nitrogens with two attached hydrogens (primary N) is 1. The van der Waals surface area contributed by atoms with Gasteiger partial charge in [-0.05, 0) is 12.3 Å². The Hall–Kier alpha value is -0.690. The summed E-state index contributed by atoms with van der Waals surface area (Å²) in [5, 5.41) is 12.8. The number of unbranched alkanes of at least 4 members (excludes halogenated alkanes) is 1. The molecule has 0 aromatic carbocycles. The van der Waals surface area contributed by atoms with Gasteiger partial charge in [-0.25, -0.2) is 0 Å². The van der Waals surface area contributed by atoms with Gasteiger partial charge in [0.05, 0.1) is 19.3 Å². The highest BCUT2D eigenvalue weighted by Crippen LogP contribution is 2.12. The SMILES string of the molecule is CCCCC(CC)COCC(O)CNCCOCC(N)=O. The van der Waals surface area contributed by atoms with Gasteiger partial charge in [-0.2, -0.15) is 0 Å². The summed E-state index contributed by atoms with van der Waals surface area (Å²) in [6.07, 6.45) is 4.23. The number of aliphatic hydroxyl groups is 1. The van der Waals surface area contributed by atoms with E-state index in [1.54, 1.807) is 0 Å². The monoisotopic (exact) mass is 304 g/mol. The molecule has 6 nitrogen and oxygen atoms in total. The fraction of sp³-hybridized carbons (Fsp3) is 0.933. The van der Waals surface area contributed by atoms with Crippen LogP contribution >= 0.6 is 0 Å². The van der Waals surface area contributed by atoms with Gasteiger partial charge in [0.15, 0.2) is 0 Å². The van der Waals surface area contributed by atoms with Crippen molar-refractivity contribution in [2.24, 2.45) is 11.7 Å². The van der Waals surface area contributed by atoms with Crippen LogP contribution in [0.4, 0.5) is 0 Å². The summed E-state index contributed by atoms with van der Waals surface area (Å²) in [5.74, 6) is 0.115. The Morgan fingerprint density at radius 3 is 2.67 bits per heavy atom. The molecule has 0 aromatic rings. The van der Waals surface area contributed by atoms with Crippen molar-refractivity contribution in [1.82, 2.24) is 5.32 Å². The van der Waals surface area contributed by atoms with Gasteiger partial charge < -0.3 is 25.6 Å². The van der Waals surface area contributed by atoms with Crippen LogP contribution in [0.2, 0.25) is 0 Å². The van der Waals surface area contributed by atoms with E-state index in [0.29, 0.717) is 32.2 Å². The van der Waals surface area contributed by atoms with Crippen LogP contribution in [-0.4, -0.2) is 56.6 Å². The first kappa shape index (κ1) is 20.3. The number of carbonyl (C=O) groups excluding carboxylic acids is 1. The van der Waals surface area contributed by atoms with Crippen LogP contribution in [0.5, 0.6) is 0 Å². The van der Waals surface area contributed by atoms with E-state index in [9.17, 15) is 9.90 Å². The van der Waals surface area contributed by atoms with E-state index in [1.165, 1.54) is 19.3 Å². The molecule has 0 aliphatic heterocycles. The lowest BCUT2D eigenvalue weighted by Gasteiger charge is -2.17. The number of hydrogen-bond donors (Lipinski definition) is 3. The molecule has 2 atom stereocenters. The molecule has 21 heavy (non-hydrogen) atoms. The fourth-order valence-corrected chi connectivity index (χ4v) is 1.91. The summed E-state index contributed by atoms with van der Waals surface area (Å²) in [6.45, 7) is 6.77. The summed E-state index contributed by atoms with van der Waals surface area (Å²) >= 11 is 0. The van der Waals surface area contributed by atoms with Crippen LogP contribution in [0.3, 0.4) is 0 Å². The largest absolute Gasteiger partial charge is 0.389 e. The summed E-state index contributed by atoms with van der Waals surface area (Å²) in [7, 11) is 0. The number of ether oxygens (including phenoxy) is 2. The van der Waals surface area contributed by atoms with E-state index in [-0.39, 0.29) is 6.61 Å². The number of amides is 1. The quantitative estimate of drug-likeness (QED) is 0.387. The average molecular weight is 304 g/mol. The molecule has 126 valence electrons. The van der Waals surface area contributed by atoms with E-state index in [1.807, 2.05) is 0 Å². The number of nitrogens with one attached hydrogen (secondary N) is 1. The molecular weight excluding hydrogens is 272 g/mol. The molecule has 0 rings (SSSR count). The van der Waals surface area contributed by atoms with Gasteiger partial charge in [-0.3, -0.25) is 4.79 Å². The molecular formula is C15H32N2O4. The minimum Gasteiger partial charge on any atom is -0.389 e. The zero-order valence-corrected chi connectivity index (χ0v) is 13.5. The third-order valence-corrected chi connectivity index (χ3v) is 3.25. The first-order valence-corrected chi connectivity index (χ1v) is 7.92. The molecule has 0 fully saturated rings. The Labute approximate surface area is 128 Å². The molecule has 0 aromatic heterocycles. The van der Waals surface area contributed by atoms with Crippen molar-refractivity contribution in [3.8, 4) is 0 Å². The highest BCUT2D eigenvalue weighted by molar-refractivity contribution is 5.74. The first-order chi connectivity index (χ1) is 10.1. The zero-order valence-electron chi connectivity index (χ0n) is 13.5. The number of carbonyl (C=O) groups is 1. The lowest BCUT2D eigenvalue weighted by molar-refractivity contribution is -0.122. The number of hydrogen-bond acceptors (Lipinski definition) is 5. The van der Waals surface area contributed by atoms with Crippen molar-refractivity contribution < 1.29 is 19.4 Å². The standard InChI is InChI=1S/C15H32N2O4/c1-3-5-6-13(4-2)10-21-11-14(18)9-17-7-8-20-12-15(16)19/h13-14,17-18H,3-12H2,1-2H3,(H2,16,19).